The number of amides is 3. The van der Waals surface area contributed by atoms with Crippen LogP contribution < -0.4 is 5.32 Å². The van der Waals surface area contributed by atoms with Crippen molar-refractivity contribution in [2.24, 2.45) is 0 Å². The molecule has 6 nitrogen and oxygen atoms in total. The molecule has 3 rings (SSSR count). The lowest BCUT2D eigenvalue weighted by Crippen LogP contribution is -2.49. The Morgan fingerprint density at radius 3 is 2.18 bits per heavy atom. The summed E-state index contributed by atoms with van der Waals surface area (Å²) in [5, 5.41) is 3.04. The second-order valence-corrected chi connectivity index (χ2v) is 8.94. The van der Waals surface area contributed by atoms with Crippen LogP contribution in [0.1, 0.15) is 55.8 Å². The molecule has 0 aromatic heterocycles. The van der Waals surface area contributed by atoms with E-state index in [1.54, 1.807) is 0 Å². The fourth-order valence-corrected chi connectivity index (χ4v) is 4.03. The number of likely N-dealkylation sites (N-methyl/N-ethyl adjacent to an activating group) is 1. The van der Waals surface area contributed by atoms with Crippen molar-refractivity contribution >= 4 is 17.7 Å². The highest BCUT2D eigenvalue weighted by molar-refractivity contribution is 5.91. The quantitative estimate of drug-likeness (QED) is 0.698. The standard InChI is InChI=1S/C26H32FN3O3/c1-17(2)19-10-12-21(13-11-19)25(20-8-6-5-7-9-20)28-26(33)23-14-22(27)15-30(23)24(32)16-29(4)18(3)31/h5-13,17,22-23,25H,14-16H2,1-4H3,(H,28,33)/t22-,23+,25+/m1/s1. The maximum absolute atomic E-state index is 14.3. The van der Waals surface area contributed by atoms with Gasteiger partial charge in [-0.05, 0) is 22.6 Å². The average molecular weight is 454 g/mol. The van der Waals surface area contributed by atoms with Gasteiger partial charge in [0.2, 0.25) is 17.7 Å². The first kappa shape index (κ1) is 24.4. The summed E-state index contributed by atoms with van der Waals surface area (Å²) in [5.74, 6) is -0.729. The minimum Gasteiger partial charge on any atom is -0.343 e. The van der Waals surface area contributed by atoms with Crippen LogP contribution in [0.25, 0.3) is 0 Å². The molecular weight excluding hydrogens is 421 g/mol. The lowest BCUT2D eigenvalue weighted by Gasteiger charge is -2.28. The van der Waals surface area contributed by atoms with Gasteiger partial charge in [0, 0.05) is 20.4 Å². The molecule has 33 heavy (non-hydrogen) atoms. The molecule has 0 saturated carbocycles. The molecule has 176 valence electrons. The predicted molar refractivity (Wildman–Crippen MR) is 125 cm³/mol. The van der Waals surface area contributed by atoms with Gasteiger partial charge in [-0.2, -0.15) is 0 Å². The molecule has 1 heterocycles. The minimum absolute atomic E-state index is 0.0604. The van der Waals surface area contributed by atoms with Gasteiger partial charge in [0.1, 0.15) is 12.2 Å². The van der Waals surface area contributed by atoms with E-state index < -0.39 is 30.1 Å². The van der Waals surface area contributed by atoms with Gasteiger partial charge >= 0.3 is 0 Å². The van der Waals surface area contributed by atoms with E-state index in [1.165, 1.54) is 29.3 Å². The fourth-order valence-electron chi connectivity index (χ4n) is 4.03. The molecular formula is C26H32FN3O3. The Bertz CT molecular complexity index is 978. The van der Waals surface area contributed by atoms with Gasteiger partial charge in [-0.3, -0.25) is 14.4 Å². The summed E-state index contributed by atoms with van der Waals surface area (Å²) in [6.07, 6.45) is -1.34. The molecule has 3 atom stereocenters. The van der Waals surface area contributed by atoms with Crippen LogP contribution in [0.3, 0.4) is 0 Å². The molecule has 0 spiro atoms. The highest BCUT2D eigenvalue weighted by atomic mass is 19.1. The molecule has 1 fully saturated rings. The van der Waals surface area contributed by atoms with Crippen molar-refractivity contribution in [2.45, 2.75) is 51.4 Å². The SMILES string of the molecule is CC(=O)N(C)CC(=O)N1C[C@H](F)C[C@H]1C(=O)N[C@@H](c1ccccc1)c1ccc(C(C)C)cc1. The van der Waals surface area contributed by atoms with E-state index >= 15 is 0 Å². The van der Waals surface area contributed by atoms with Crippen molar-refractivity contribution in [1.82, 2.24) is 15.1 Å². The van der Waals surface area contributed by atoms with Crippen molar-refractivity contribution in [3.05, 3.63) is 71.3 Å². The zero-order valence-corrected chi connectivity index (χ0v) is 19.6. The summed E-state index contributed by atoms with van der Waals surface area (Å²) in [6, 6.07) is 16.3. The zero-order valence-electron chi connectivity index (χ0n) is 19.6. The van der Waals surface area contributed by atoms with E-state index in [2.05, 4.69) is 19.2 Å². The van der Waals surface area contributed by atoms with E-state index in [1.807, 2.05) is 54.6 Å². The van der Waals surface area contributed by atoms with E-state index in [-0.39, 0.29) is 25.4 Å². The molecule has 7 heteroatoms. The Hall–Kier alpha value is -3.22. The third-order valence-electron chi connectivity index (χ3n) is 6.14. The van der Waals surface area contributed by atoms with Gasteiger partial charge in [0.05, 0.1) is 19.1 Å². The summed E-state index contributed by atoms with van der Waals surface area (Å²) in [6.45, 7) is 5.25. The number of benzene rings is 2. The Morgan fingerprint density at radius 1 is 1.03 bits per heavy atom. The monoisotopic (exact) mass is 453 g/mol. The molecule has 0 unspecified atom stereocenters. The average Bonchev–Trinajstić information content (AvgIpc) is 3.20. The number of hydrogen-bond acceptors (Lipinski definition) is 3. The molecule has 3 amide bonds. The zero-order chi connectivity index (χ0) is 24.1. The Labute approximate surface area is 194 Å². The Balaban J connectivity index is 1.83. The van der Waals surface area contributed by atoms with Crippen molar-refractivity contribution in [3.8, 4) is 0 Å². The van der Waals surface area contributed by atoms with E-state index in [4.69, 9.17) is 0 Å². The third-order valence-corrected chi connectivity index (χ3v) is 6.14. The van der Waals surface area contributed by atoms with Crippen LogP contribution in [-0.4, -0.2) is 59.9 Å². The molecule has 0 radical (unpaired) electrons. The summed E-state index contributed by atoms with van der Waals surface area (Å²) in [7, 11) is 1.50. The van der Waals surface area contributed by atoms with E-state index in [0.29, 0.717) is 5.92 Å². The van der Waals surface area contributed by atoms with Crippen LogP contribution in [0, 0.1) is 0 Å². The maximum atomic E-state index is 14.3. The normalized spacial score (nSPS) is 18.8. The second kappa shape index (κ2) is 10.6. The maximum Gasteiger partial charge on any atom is 0.243 e. The van der Waals surface area contributed by atoms with Crippen LogP contribution in [0.2, 0.25) is 0 Å². The van der Waals surface area contributed by atoms with Crippen molar-refractivity contribution in [3.63, 3.8) is 0 Å². The van der Waals surface area contributed by atoms with Gasteiger partial charge < -0.3 is 15.1 Å². The number of halogens is 1. The summed E-state index contributed by atoms with van der Waals surface area (Å²) >= 11 is 0. The number of alkyl halides is 1. The number of nitrogens with one attached hydrogen (secondary N) is 1. The first-order chi connectivity index (χ1) is 15.7. The molecule has 1 aliphatic rings. The molecule has 0 aliphatic carbocycles. The van der Waals surface area contributed by atoms with Crippen molar-refractivity contribution < 1.29 is 18.8 Å². The van der Waals surface area contributed by atoms with Gasteiger partial charge in [-0.25, -0.2) is 4.39 Å². The molecule has 1 N–H and O–H groups in total. The van der Waals surface area contributed by atoms with E-state index in [0.717, 1.165) is 11.1 Å². The molecule has 0 bridgehead atoms. The molecule has 1 aliphatic heterocycles. The third kappa shape index (κ3) is 5.97. The van der Waals surface area contributed by atoms with Gasteiger partial charge in [0.25, 0.3) is 0 Å². The summed E-state index contributed by atoms with van der Waals surface area (Å²) in [4.78, 5) is 40.0. The largest absolute Gasteiger partial charge is 0.343 e. The van der Waals surface area contributed by atoms with Crippen molar-refractivity contribution in [2.75, 3.05) is 20.1 Å². The van der Waals surface area contributed by atoms with Gasteiger partial charge in [-0.15, -0.1) is 0 Å². The number of nitrogens with zero attached hydrogens (tertiary/aromatic N) is 2. The number of likely N-dealkylation sites (tertiary alicyclic amines) is 1. The number of carbonyl (C=O) groups excluding carboxylic acids is 3. The Morgan fingerprint density at radius 2 is 1.61 bits per heavy atom. The first-order valence-corrected chi connectivity index (χ1v) is 11.3. The smallest absolute Gasteiger partial charge is 0.243 e. The van der Waals surface area contributed by atoms with Gasteiger partial charge in [-0.1, -0.05) is 68.4 Å². The highest BCUT2D eigenvalue weighted by Gasteiger charge is 2.40. The second-order valence-electron chi connectivity index (χ2n) is 8.94. The summed E-state index contributed by atoms with van der Waals surface area (Å²) < 4.78 is 14.3. The highest BCUT2D eigenvalue weighted by Crippen LogP contribution is 2.27. The molecule has 2 aromatic carbocycles. The lowest BCUT2D eigenvalue weighted by molar-refractivity contribution is -0.142. The predicted octanol–water partition coefficient (Wildman–Crippen LogP) is 3.43. The van der Waals surface area contributed by atoms with Crippen molar-refractivity contribution in [1.29, 1.82) is 0 Å². The first-order valence-electron chi connectivity index (χ1n) is 11.3. The molecule has 2 aromatic rings. The lowest BCUT2D eigenvalue weighted by atomic mass is 9.95. The minimum atomic E-state index is -1.28. The number of hydrogen-bond donors (Lipinski definition) is 1. The van der Waals surface area contributed by atoms with Crippen LogP contribution in [0.5, 0.6) is 0 Å². The summed E-state index contributed by atoms with van der Waals surface area (Å²) in [5.41, 5.74) is 2.99. The number of rotatable bonds is 7. The van der Waals surface area contributed by atoms with Gasteiger partial charge in [0.15, 0.2) is 0 Å². The molecule has 1 saturated heterocycles. The Kier molecular flexibility index (Phi) is 7.84. The number of carbonyl (C=O) groups is 3. The van der Waals surface area contributed by atoms with Crippen LogP contribution in [0.4, 0.5) is 4.39 Å². The van der Waals surface area contributed by atoms with Crippen LogP contribution >= 0.6 is 0 Å². The van der Waals surface area contributed by atoms with Crippen LogP contribution in [0.15, 0.2) is 54.6 Å². The fraction of sp³-hybridized carbons (Fsp3) is 0.423. The topological polar surface area (TPSA) is 69.7 Å². The van der Waals surface area contributed by atoms with Crippen LogP contribution in [-0.2, 0) is 14.4 Å². The van der Waals surface area contributed by atoms with E-state index in [9.17, 15) is 18.8 Å².